The number of amides is 1. The van der Waals surface area contributed by atoms with Crippen molar-refractivity contribution in [3.05, 3.63) is 57.8 Å². The van der Waals surface area contributed by atoms with Crippen LogP contribution in [0.4, 0.5) is 0 Å². The van der Waals surface area contributed by atoms with Gasteiger partial charge in [0.05, 0.1) is 11.0 Å². The Morgan fingerprint density at radius 1 is 1.26 bits per heavy atom. The minimum Gasteiger partial charge on any atom is -0.391 e. The fraction of sp³-hybridized carbons (Fsp3) is 0.333. The molecule has 0 aliphatic carbocycles. The van der Waals surface area contributed by atoms with Gasteiger partial charge in [0.2, 0.25) is 0 Å². The summed E-state index contributed by atoms with van der Waals surface area (Å²) in [5.41, 5.74) is 1.56. The SMILES string of the molecule is CCC(O)CN(Cc1ccccc1)C(=O)c1cc(C(C)=O)cs1. The molecule has 0 saturated carbocycles. The van der Waals surface area contributed by atoms with Gasteiger partial charge in [0, 0.05) is 24.0 Å². The van der Waals surface area contributed by atoms with Gasteiger partial charge in [0.1, 0.15) is 0 Å². The van der Waals surface area contributed by atoms with Crippen LogP contribution in [0, 0.1) is 0 Å². The Balaban J connectivity index is 2.20. The number of ketones is 1. The molecule has 0 aliphatic heterocycles. The van der Waals surface area contributed by atoms with Crippen LogP contribution in [0.15, 0.2) is 41.8 Å². The molecule has 4 nitrogen and oxygen atoms in total. The van der Waals surface area contributed by atoms with E-state index in [0.29, 0.717) is 23.4 Å². The molecule has 0 bridgehead atoms. The quantitative estimate of drug-likeness (QED) is 0.792. The Kier molecular flexibility index (Phi) is 6.07. The highest BCUT2D eigenvalue weighted by molar-refractivity contribution is 7.12. The molecule has 23 heavy (non-hydrogen) atoms. The van der Waals surface area contributed by atoms with E-state index < -0.39 is 6.10 Å². The standard InChI is InChI=1S/C18H21NO3S/c1-3-16(21)11-19(10-14-7-5-4-6-8-14)18(22)17-9-15(12-23-17)13(2)20/h4-9,12,16,21H,3,10-11H2,1-2H3. The lowest BCUT2D eigenvalue weighted by atomic mass is 10.1. The Hall–Kier alpha value is -1.98. The summed E-state index contributed by atoms with van der Waals surface area (Å²) in [4.78, 5) is 26.3. The van der Waals surface area contributed by atoms with Crippen molar-refractivity contribution in [3.8, 4) is 0 Å². The average molecular weight is 331 g/mol. The van der Waals surface area contributed by atoms with E-state index in [0.717, 1.165) is 5.56 Å². The lowest BCUT2D eigenvalue weighted by Crippen LogP contribution is -2.36. The van der Waals surface area contributed by atoms with Crippen molar-refractivity contribution in [3.63, 3.8) is 0 Å². The first-order valence-corrected chi connectivity index (χ1v) is 8.50. The first-order valence-electron chi connectivity index (χ1n) is 7.62. The molecule has 0 fully saturated rings. The maximum absolute atomic E-state index is 12.8. The summed E-state index contributed by atoms with van der Waals surface area (Å²) in [5.74, 6) is -0.206. The van der Waals surface area contributed by atoms with Gasteiger partial charge in [-0.25, -0.2) is 0 Å². The summed E-state index contributed by atoms with van der Waals surface area (Å²) in [6.07, 6.45) is 0.0247. The molecule has 1 aromatic carbocycles. The van der Waals surface area contributed by atoms with E-state index in [4.69, 9.17) is 0 Å². The molecule has 2 rings (SSSR count). The zero-order valence-electron chi connectivity index (χ0n) is 13.4. The number of hydrogen-bond acceptors (Lipinski definition) is 4. The van der Waals surface area contributed by atoms with Crippen molar-refractivity contribution in [1.82, 2.24) is 4.90 Å². The van der Waals surface area contributed by atoms with Crippen molar-refractivity contribution in [2.45, 2.75) is 32.9 Å². The van der Waals surface area contributed by atoms with Crippen LogP contribution in [0.2, 0.25) is 0 Å². The van der Waals surface area contributed by atoms with E-state index in [2.05, 4.69) is 0 Å². The summed E-state index contributed by atoms with van der Waals surface area (Å²) in [6, 6.07) is 11.3. The van der Waals surface area contributed by atoms with Crippen molar-refractivity contribution < 1.29 is 14.7 Å². The van der Waals surface area contributed by atoms with Crippen LogP contribution >= 0.6 is 11.3 Å². The molecule has 1 atom stereocenters. The number of aliphatic hydroxyl groups is 1. The van der Waals surface area contributed by atoms with Gasteiger partial charge in [0.25, 0.3) is 5.91 Å². The molecule has 0 radical (unpaired) electrons. The maximum atomic E-state index is 12.8. The number of aliphatic hydroxyl groups excluding tert-OH is 1. The fourth-order valence-corrected chi connectivity index (χ4v) is 3.11. The van der Waals surface area contributed by atoms with Crippen LogP contribution < -0.4 is 0 Å². The molecule has 1 amide bonds. The lowest BCUT2D eigenvalue weighted by Gasteiger charge is -2.24. The first kappa shape index (κ1) is 17.4. The molecule has 1 aromatic heterocycles. The smallest absolute Gasteiger partial charge is 0.264 e. The van der Waals surface area contributed by atoms with Crippen LogP contribution in [0.3, 0.4) is 0 Å². The Morgan fingerprint density at radius 2 is 1.96 bits per heavy atom. The van der Waals surface area contributed by atoms with E-state index in [1.807, 2.05) is 37.3 Å². The zero-order chi connectivity index (χ0) is 16.8. The number of carbonyl (C=O) groups excluding carboxylic acids is 2. The van der Waals surface area contributed by atoms with Gasteiger partial charge in [-0.05, 0) is 25.0 Å². The third-order valence-corrected chi connectivity index (χ3v) is 4.54. The second kappa shape index (κ2) is 8.04. The van der Waals surface area contributed by atoms with Crippen molar-refractivity contribution in [2.75, 3.05) is 6.54 Å². The van der Waals surface area contributed by atoms with E-state index in [-0.39, 0.29) is 18.2 Å². The van der Waals surface area contributed by atoms with Crippen molar-refractivity contribution in [1.29, 1.82) is 0 Å². The van der Waals surface area contributed by atoms with Crippen LogP contribution in [-0.4, -0.2) is 34.3 Å². The molecule has 2 aromatic rings. The summed E-state index contributed by atoms with van der Waals surface area (Å²) in [7, 11) is 0. The van der Waals surface area contributed by atoms with E-state index in [1.54, 1.807) is 16.3 Å². The van der Waals surface area contributed by atoms with Crippen LogP contribution in [0.5, 0.6) is 0 Å². The fourth-order valence-electron chi connectivity index (χ4n) is 2.20. The third kappa shape index (κ3) is 4.74. The Labute approximate surface area is 140 Å². The minimum atomic E-state index is -0.560. The average Bonchev–Trinajstić information content (AvgIpc) is 3.04. The second-order valence-electron chi connectivity index (χ2n) is 5.49. The number of rotatable bonds is 7. The summed E-state index contributed by atoms with van der Waals surface area (Å²) in [6.45, 7) is 4.08. The largest absolute Gasteiger partial charge is 0.391 e. The van der Waals surface area contributed by atoms with E-state index in [1.165, 1.54) is 18.3 Å². The molecular weight excluding hydrogens is 310 g/mol. The van der Waals surface area contributed by atoms with E-state index in [9.17, 15) is 14.7 Å². The number of Topliss-reactive ketones (excluding diaryl/α,β-unsaturated/α-hetero) is 1. The van der Waals surface area contributed by atoms with Gasteiger partial charge < -0.3 is 10.0 Å². The molecule has 1 N–H and O–H groups in total. The highest BCUT2D eigenvalue weighted by Crippen LogP contribution is 2.19. The summed E-state index contributed by atoms with van der Waals surface area (Å²) >= 11 is 1.27. The van der Waals surface area contributed by atoms with Gasteiger partial charge >= 0.3 is 0 Å². The molecule has 1 heterocycles. The Bertz CT molecular complexity index is 666. The van der Waals surface area contributed by atoms with Crippen LogP contribution in [-0.2, 0) is 6.54 Å². The van der Waals surface area contributed by atoms with Crippen molar-refractivity contribution >= 4 is 23.0 Å². The second-order valence-corrected chi connectivity index (χ2v) is 6.40. The van der Waals surface area contributed by atoms with Crippen LogP contribution in [0.1, 0.15) is 45.9 Å². The predicted octanol–water partition coefficient (Wildman–Crippen LogP) is 3.36. The van der Waals surface area contributed by atoms with Gasteiger partial charge in [-0.15, -0.1) is 11.3 Å². The summed E-state index contributed by atoms with van der Waals surface area (Å²) < 4.78 is 0. The Morgan fingerprint density at radius 3 is 2.52 bits per heavy atom. The third-order valence-electron chi connectivity index (χ3n) is 3.62. The molecule has 0 spiro atoms. The van der Waals surface area contributed by atoms with Crippen molar-refractivity contribution in [2.24, 2.45) is 0 Å². The van der Waals surface area contributed by atoms with E-state index >= 15 is 0 Å². The highest BCUT2D eigenvalue weighted by atomic mass is 32.1. The normalized spacial score (nSPS) is 12.0. The van der Waals surface area contributed by atoms with Crippen LogP contribution in [0.25, 0.3) is 0 Å². The predicted molar refractivity (Wildman–Crippen MR) is 91.8 cm³/mol. The molecule has 122 valence electrons. The summed E-state index contributed by atoms with van der Waals surface area (Å²) in [5, 5.41) is 11.7. The minimum absolute atomic E-state index is 0.0523. The molecule has 5 heteroatoms. The lowest BCUT2D eigenvalue weighted by molar-refractivity contribution is 0.0603. The van der Waals surface area contributed by atoms with Gasteiger partial charge in [-0.1, -0.05) is 37.3 Å². The molecule has 0 aliphatic rings. The maximum Gasteiger partial charge on any atom is 0.264 e. The number of benzene rings is 1. The zero-order valence-corrected chi connectivity index (χ0v) is 14.2. The topological polar surface area (TPSA) is 57.6 Å². The number of carbonyl (C=O) groups is 2. The molecule has 1 unspecified atom stereocenters. The molecular formula is C18H21NO3S. The van der Waals surface area contributed by atoms with Gasteiger partial charge in [-0.3, -0.25) is 9.59 Å². The number of nitrogens with zero attached hydrogens (tertiary/aromatic N) is 1. The van der Waals surface area contributed by atoms with Gasteiger partial charge in [-0.2, -0.15) is 0 Å². The monoisotopic (exact) mass is 331 g/mol. The first-order chi connectivity index (χ1) is 11.0. The highest BCUT2D eigenvalue weighted by Gasteiger charge is 2.21. The number of hydrogen-bond donors (Lipinski definition) is 1. The van der Waals surface area contributed by atoms with Gasteiger partial charge in [0.15, 0.2) is 5.78 Å². The molecule has 0 saturated heterocycles. The number of thiophene rings is 1.